The summed E-state index contributed by atoms with van der Waals surface area (Å²) in [5.74, 6) is 0.726. The molecule has 0 aliphatic rings. The van der Waals surface area contributed by atoms with E-state index in [1.165, 1.54) is 27.4 Å². The number of hydrogen-bond donors (Lipinski definition) is 1. The van der Waals surface area contributed by atoms with Crippen molar-refractivity contribution in [3.8, 4) is 11.1 Å². The monoisotopic (exact) mass is 396 g/mol. The van der Waals surface area contributed by atoms with Gasteiger partial charge >= 0.3 is 5.69 Å². The van der Waals surface area contributed by atoms with Gasteiger partial charge in [-0.15, -0.1) is 0 Å². The second-order valence-electron chi connectivity index (χ2n) is 6.33. The average molecular weight is 397 g/mol. The number of nitrogens with zero attached hydrogens (tertiary/aromatic N) is 3. The molecule has 7 heteroatoms. The van der Waals surface area contributed by atoms with Gasteiger partial charge in [-0.1, -0.05) is 65.3 Å². The summed E-state index contributed by atoms with van der Waals surface area (Å²) in [6, 6.07) is 15.8. The van der Waals surface area contributed by atoms with Gasteiger partial charge in [0.1, 0.15) is 0 Å². The van der Waals surface area contributed by atoms with Crippen molar-refractivity contribution in [3.05, 3.63) is 80.9 Å². The van der Waals surface area contributed by atoms with E-state index in [0.29, 0.717) is 15.8 Å². The van der Waals surface area contributed by atoms with Gasteiger partial charge in [0.25, 0.3) is 0 Å². The van der Waals surface area contributed by atoms with Crippen LogP contribution in [0, 0.1) is 13.8 Å². The Morgan fingerprint density at radius 1 is 1.15 bits per heavy atom. The fourth-order valence-corrected chi connectivity index (χ4v) is 3.92. The standard InChI is InChI=1S/C20H17ClN4OS/c1-12-4-3-5-14(10-12)11-27-19-22-18-17(15-6-8-16(21)9-7-15)13(2)24-25(18)20(26)23-19/h3-10H,11H2,1-2H3,(H,22,23,26). The van der Waals surface area contributed by atoms with E-state index in [1.807, 2.05) is 37.3 Å². The zero-order valence-electron chi connectivity index (χ0n) is 14.9. The van der Waals surface area contributed by atoms with Crippen LogP contribution in [0.15, 0.2) is 58.5 Å². The van der Waals surface area contributed by atoms with Gasteiger partial charge in [0.15, 0.2) is 10.8 Å². The molecule has 4 rings (SSSR count). The summed E-state index contributed by atoms with van der Waals surface area (Å²) < 4.78 is 1.32. The SMILES string of the molecule is Cc1cccc(CSc2nc3c(-c4ccc(Cl)cc4)c(C)nn3c(=O)[nH]2)c1. The van der Waals surface area contributed by atoms with Crippen molar-refractivity contribution in [2.75, 3.05) is 0 Å². The molecular formula is C20H17ClN4OS. The van der Waals surface area contributed by atoms with Crippen LogP contribution in [0.5, 0.6) is 0 Å². The zero-order chi connectivity index (χ0) is 19.0. The minimum absolute atomic E-state index is 0.296. The molecule has 2 heterocycles. The minimum atomic E-state index is -0.296. The van der Waals surface area contributed by atoms with Gasteiger partial charge in [-0.25, -0.2) is 9.78 Å². The lowest BCUT2D eigenvalue weighted by Gasteiger charge is -2.04. The van der Waals surface area contributed by atoms with Crippen LogP contribution in [-0.4, -0.2) is 19.6 Å². The zero-order valence-corrected chi connectivity index (χ0v) is 16.4. The van der Waals surface area contributed by atoms with Crippen LogP contribution in [0.4, 0.5) is 0 Å². The van der Waals surface area contributed by atoms with Gasteiger partial charge in [0, 0.05) is 16.3 Å². The maximum atomic E-state index is 12.5. The number of aromatic nitrogens is 4. The van der Waals surface area contributed by atoms with E-state index in [4.69, 9.17) is 11.6 Å². The molecule has 1 N–H and O–H groups in total. The van der Waals surface area contributed by atoms with E-state index in [9.17, 15) is 4.79 Å². The van der Waals surface area contributed by atoms with Gasteiger partial charge in [0.05, 0.1) is 5.69 Å². The summed E-state index contributed by atoms with van der Waals surface area (Å²) >= 11 is 7.50. The van der Waals surface area contributed by atoms with E-state index in [0.717, 1.165) is 22.6 Å². The van der Waals surface area contributed by atoms with E-state index in [2.05, 4.69) is 40.2 Å². The van der Waals surface area contributed by atoms with Crippen molar-refractivity contribution in [1.29, 1.82) is 0 Å². The van der Waals surface area contributed by atoms with Crippen molar-refractivity contribution in [3.63, 3.8) is 0 Å². The van der Waals surface area contributed by atoms with Crippen molar-refractivity contribution >= 4 is 29.0 Å². The molecule has 0 bridgehead atoms. The molecule has 0 saturated carbocycles. The number of rotatable bonds is 4. The van der Waals surface area contributed by atoms with Crippen LogP contribution in [0.1, 0.15) is 16.8 Å². The van der Waals surface area contributed by atoms with Crippen LogP contribution < -0.4 is 5.69 Å². The third kappa shape index (κ3) is 3.63. The van der Waals surface area contributed by atoms with Gasteiger partial charge in [-0.3, -0.25) is 4.98 Å². The molecule has 0 saturated heterocycles. The molecule has 0 spiro atoms. The first-order valence-corrected chi connectivity index (χ1v) is 9.81. The number of nitrogens with one attached hydrogen (secondary N) is 1. The molecule has 27 heavy (non-hydrogen) atoms. The fourth-order valence-electron chi connectivity index (χ4n) is 3.01. The lowest BCUT2D eigenvalue weighted by atomic mass is 10.1. The third-order valence-corrected chi connectivity index (χ3v) is 5.44. The highest BCUT2D eigenvalue weighted by molar-refractivity contribution is 7.98. The highest BCUT2D eigenvalue weighted by Crippen LogP contribution is 2.28. The number of aryl methyl sites for hydroxylation is 2. The molecule has 0 atom stereocenters. The van der Waals surface area contributed by atoms with Crippen LogP contribution >= 0.6 is 23.4 Å². The maximum Gasteiger partial charge on any atom is 0.350 e. The number of benzene rings is 2. The van der Waals surface area contributed by atoms with E-state index in [1.54, 1.807) is 0 Å². The minimum Gasteiger partial charge on any atom is -0.285 e. The molecule has 0 fully saturated rings. The molecule has 0 aliphatic heterocycles. The molecule has 4 aromatic rings. The highest BCUT2D eigenvalue weighted by Gasteiger charge is 2.16. The normalized spacial score (nSPS) is 11.2. The quantitative estimate of drug-likeness (QED) is 0.510. The first kappa shape index (κ1) is 17.8. The predicted octanol–water partition coefficient (Wildman–Crippen LogP) is 4.65. The molecular weight excluding hydrogens is 380 g/mol. The largest absolute Gasteiger partial charge is 0.350 e. The Morgan fingerprint density at radius 2 is 1.93 bits per heavy atom. The summed E-state index contributed by atoms with van der Waals surface area (Å²) in [4.78, 5) is 20.0. The van der Waals surface area contributed by atoms with Gasteiger partial charge in [-0.05, 0) is 37.1 Å². The smallest absolute Gasteiger partial charge is 0.285 e. The molecule has 136 valence electrons. The van der Waals surface area contributed by atoms with Crippen molar-refractivity contribution in [2.45, 2.75) is 24.8 Å². The van der Waals surface area contributed by atoms with Crippen LogP contribution in [0.3, 0.4) is 0 Å². The van der Waals surface area contributed by atoms with Crippen molar-refractivity contribution in [2.24, 2.45) is 0 Å². The summed E-state index contributed by atoms with van der Waals surface area (Å²) in [7, 11) is 0. The summed E-state index contributed by atoms with van der Waals surface area (Å²) in [5.41, 5.74) is 5.16. The molecule has 0 amide bonds. The number of halogens is 1. The van der Waals surface area contributed by atoms with Gasteiger partial charge < -0.3 is 0 Å². The van der Waals surface area contributed by atoms with Crippen LogP contribution in [0.25, 0.3) is 16.8 Å². The Labute approximate surface area is 165 Å². The van der Waals surface area contributed by atoms with E-state index >= 15 is 0 Å². The molecule has 2 aromatic carbocycles. The molecule has 2 aromatic heterocycles. The Bertz CT molecular complexity index is 1180. The Kier molecular flexibility index (Phi) is 4.76. The van der Waals surface area contributed by atoms with Crippen LogP contribution in [0.2, 0.25) is 5.02 Å². The Morgan fingerprint density at radius 3 is 2.67 bits per heavy atom. The van der Waals surface area contributed by atoms with Gasteiger partial charge in [0.2, 0.25) is 0 Å². The first-order chi connectivity index (χ1) is 13.0. The van der Waals surface area contributed by atoms with Gasteiger partial charge in [-0.2, -0.15) is 9.61 Å². The highest BCUT2D eigenvalue weighted by atomic mass is 35.5. The predicted molar refractivity (Wildman–Crippen MR) is 110 cm³/mol. The average Bonchev–Trinajstić information content (AvgIpc) is 2.98. The molecule has 0 aliphatic carbocycles. The number of thioether (sulfide) groups is 1. The molecule has 5 nitrogen and oxygen atoms in total. The maximum absolute atomic E-state index is 12.5. The lowest BCUT2D eigenvalue weighted by molar-refractivity contribution is 0.780. The molecule has 0 unspecified atom stereocenters. The summed E-state index contributed by atoms with van der Waals surface area (Å²) in [6.45, 7) is 3.94. The summed E-state index contributed by atoms with van der Waals surface area (Å²) in [6.07, 6.45) is 0. The Hall–Kier alpha value is -2.57. The summed E-state index contributed by atoms with van der Waals surface area (Å²) in [5, 5.41) is 5.58. The first-order valence-electron chi connectivity index (χ1n) is 8.45. The fraction of sp³-hybridized carbons (Fsp3) is 0.150. The third-order valence-electron chi connectivity index (χ3n) is 4.24. The second kappa shape index (κ2) is 7.21. The number of aromatic amines is 1. The second-order valence-corrected chi connectivity index (χ2v) is 7.73. The lowest BCUT2D eigenvalue weighted by Crippen LogP contribution is -2.19. The molecule has 0 radical (unpaired) electrons. The van der Waals surface area contributed by atoms with Crippen molar-refractivity contribution in [1.82, 2.24) is 19.6 Å². The Balaban J connectivity index is 1.74. The van der Waals surface area contributed by atoms with Crippen LogP contribution in [-0.2, 0) is 5.75 Å². The number of H-pyrrole nitrogens is 1. The van der Waals surface area contributed by atoms with E-state index in [-0.39, 0.29) is 5.69 Å². The number of fused-ring (bicyclic) bond motifs is 1. The van der Waals surface area contributed by atoms with E-state index < -0.39 is 0 Å². The number of hydrogen-bond acceptors (Lipinski definition) is 4. The topological polar surface area (TPSA) is 63.1 Å². The van der Waals surface area contributed by atoms with Crippen molar-refractivity contribution < 1.29 is 0 Å².